The van der Waals surface area contributed by atoms with Crippen LogP contribution in [0, 0.1) is 5.82 Å². The van der Waals surface area contributed by atoms with Gasteiger partial charge in [-0.15, -0.1) is 0 Å². The highest BCUT2D eigenvalue weighted by Crippen LogP contribution is 2.43. The maximum atomic E-state index is 16.0. The first kappa shape index (κ1) is 32.7. The van der Waals surface area contributed by atoms with Gasteiger partial charge in [0.15, 0.2) is 5.13 Å². The summed E-state index contributed by atoms with van der Waals surface area (Å²) in [5.74, 6) is -0.737. The Hall–Kier alpha value is -4.16. The zero-order valence-corrected chi connectivity index (χ0v) is 25.7. The van der Waals surface area contributed by atoms with Crippen LogP contribution >= 0.6 is 11.3 Å². The van der Waals surface area contributed by atoms with E-state index in [2.05, 4.69) is 26.3 Å². The summed E-state index contributed by atoms with van der Waals surface area (Å²) in [6.07, 6.45) is 9.37. The van der Waals surface area contributed by atoms with Crippen molar-refractivity contribution < 1.29 is 18.7 Å². The number of nitrogens with zero attached hydrogens (tertiary/aromatic N) is 6. The summed E-state index contributed by atoms with van der Waals surface area (Å²) in [6.45, 7) is 7.63. The number of carbonyl (C=O) groups is 2. The summed E-state index contributed by atoms with van der Waals surface area (Å²) in [7, 11) is 3.00. The third-order valence-electron chi connectivity index (χ3n) is 7.55. The number of allylic oxidation sites excluding steroid dienone is 3. The number of fused-ring (bicyclic) bond motifs is 3. The summed E-state index contributed by atoms with van der Waals surface area (Å²) in [6, 6.07) is 4.58. The molecular formula is C32H40FN7O3S. The number of benzene rings is 1. The number of hydrogen-bond acceptors (Lipinski definition) is 8. The Labute approximate surface area is 261 Å². The molecule has 0 bridgehead atoms. The smallest absolute Gasteiger partial charge is 0.413 e. The molecule has 12 heteroatoms. The van der Waals surface area contributed by atoms with Crippen molar-refractivity contribution >= 4 is 40.3 Å². The maximum absolute atomic E-state index is 16.0. The Morgan fingerprint density at radius 2 is 1.98 bits per heavy atom. The van der Waals surface area contributed by atoms with Crippen LogP contribution in [0.15, 0.2) is 41.4 Å². The number of aromatic nitrogens is 3. The largest absolute Gasteiger partial charge is 0.453 e. The number of amides is 2. The number of aliphatic imine (C=N–C) groups is 1. The fraction of sp³-hybridized carbons (Fsp3) is 0.406. The van der Waals surface area contributed by atoms with Crippen LogP contribution in [0.4, 0.5) is 14.3 Å². The van der Waals surface area contributed by atoms with Crippen LogP contribution in [0.25, 0.3) is 21.8 Å². The van der Waals surface area contributed by atoms with Crippen LogP contribution in [-0.2, 0) is 17.6 Å². The van der Waals surface area contributed by atoms with Crippen LogP contribution in [0.1, 0.15) is 55.0 Å². The minimum Gasteiger partial charge on any atom is -0.453 e. The Bertz CT molecular complexity index is 1600. The van der Waals surface area contributed by atoms with E-state index in [1.54, 1.807) is 35.0 Å². The van der Waals surface area contributed by atoms with Gasteiger partial charge < -0.3 is 9.64 Å². The molecule has 2 aliphatic rings. The molecule has 0 spiro atoms. The summed E-state index contributed by atoms with van der Waals surface area (Å²) >= 11 is 1.29. The molecule has 3 aromatic rings. The van der Waals surface area contributed by atoms with E-state index in [-0.39, 0.29) is 19.0 Å². The van der Waals surface area contributed by atoms with E-state index in [4.69, 9.17) is 9.84 Å². The van der Waals surface area contributed by atoms with E-state index in [0.29, 0.717) is 42.3 Å². The third-order valence-corrected chi connectivity index (χ3v) is 8.57. The molecule has 0 radical (unpaired) electrons. The predicted octanol–water partition coefficient (Wildman–Crippen LogP) is 5.88. The molecule has 2 amide bonds. The Morgan fingerprint density at radius 1 is 1.20 bits per heavy atom. The van der Waals surface area contributed by atoms with Gasteiger partial charge in [0.1, 0.15) is 11.5 Å². The van der Waals surface area contributed by atoms with Gasteiger partial charge in [-0.25, -0.2) is 18.9 Å². The first-order valence-corrected chi connectivity index (χ1v) is 15.2. The lowest BCUT2D eigenvalue weighted by Crippen LogP contribution is -2.48. The van der Waals surface area contributed by atoms with Crippen molar-refractivity contribution in [2.45, 2.75) is 40.5 Å². The van der Waals surface area contributed by atoms with E-state index in [1.165, 1.54) is 24.5 Å². The van der Waals surface area contributed by atoms with Crippen LogP contribution in [0.5, 0.6) is 0 Å². The van der Waals surface area contributed by atoms with Gasteiger partial charge >= 0.3 is 6.09 Å². The molecule has 44 heavy (non-hydrogen) atoms. The monoisotopic (exact) mass is 621 g/mol. The number of ether oxygens (including phenoxy) is 1. The highest BCUT2D eigenvalue weighted by molar-refractivity contribution is 7.19. The van der Waals surface area contributed by atoms with Crippen molar-refractivity contribution in [3.8, 4) is 16.3 Å². The molecule has 5 rings (SSSR count). The lowest BCUT2D eigenvalue weighted by atomic mass is 9.95. The number of methoxy groups -OCH3 is 1. The molecule has 1 saturated heterocycles. The standard InChI is InChI=1S/C31H36FN7O3S.CH4/c1-5-7-13-37-14-16-38(17-15-37)29(40)20-9-12-25(23(32)18-20)39-27-22(26(36-39)21(8-6-2)19-33-3)10-11-24-28(27)43-30(34-24)35-31(41)42-4;/h5,7-9,12,18-19H,6,10-11,13-17H2,1-4H3,(H,34,35,41);1H4/b7-5-,21-8+,33-19?;. The quantitative estimate of drug-likeness (QED) is 0.249. The average Bonchev–Trinajstić information content (AvgIpc) is 3.60. The van der Waals surface area contributed by atoms with Crippen LogP contribution in [0.2, 0.25) is 0 Å². The lowest BCUT2D eigenvalue weighted by molar-refractivity contribution is 0.0649. The fourth-order valence-electron chi connectivity index (χ4n) is 5.42. The van der Waals surface area contributed by atoms with Crippen molar-refractivity contribution in [2.24, 2.45) is 4.99 Å². The zero-order chi connectivity index (χ0) is 30.5. The van der Waals surface area contributed by atoms with E-state index >= 15 is 4.39 Å². The minimum atomic E-state index is -0.613. The van der Waals surface area contributed by atoms with Crippen molar-refractivity contribution in [1.29, 1.82) is 0 Å². The number of hydrogen-bond donors (Lipinski definition) is 1. The number of nitrogens with one attached hydrogen (secondary N) is 1. The molecule has 10 nitrogen and oxygen atoms in total. The number of anilines is 1. The van der Waals surface area contributed by atoms with Gasteiger partial charge in [0.2, 0.25) is 0 Å². The Balaban J connectivity index is 0.00000442. The van der Waals surface area contributed by atoms with E-state index in [1.807, 2.05) is 26.0 Å². The number of rotatable bonds is 8. The third kappa shape index (κ3) is 6.66. The maximum Gasteiger partial charge on any atom is 0.413 e. The SMILES string of the molecule is C.C/C=C\CN1CCN(C(=O)c2ccc(-n3nc(/C(C=NC)=C/CC)c4c3-c3sc(NC(=O)OC)nc3CC4)c(F)c2)CC1. The first-order valence-electron chi connectivity index (χ1n) is 14.4. The van der Waals surface area contributed by atoms with Gasteiger partial charge in [-0.05, 0) is 44.4 Å². The molecule has 3 heterocycles. The molecule has 0 saturated carbocycles. The van der Waals surface area contributed by atoms with Crippen molar-refractivity contribution in [3.63, 3.8) is 0 Å². The second kappa shape index (κ2) is 14.5. The van der Waals surface area contributed by atoms with Crippen molar-refractivity contribution in [3.05, 3.63) is 64.8 Å². The first-order chi connectivity index (χ1) is 20.9. The highest BCUT2D eigenvalue weighted by atomic mass is 32.1. The Morgan fingerprint density at radius 3 is 2.64 bits per heavy atom. The Kier molecular flexibility index (Phi) is 10.8. The van der Waals surface area contributed by atoms with Gasteiger partial charge in [0.25, 0.3) is 5.91 Å². The van der Waals surface area contributed by atoms with Gasteiger partial charge in [-0.1, -0.05) is 43.9 Å². The zero-order valence-electron chi connectivity index (χ0n) is 24.9. The molecule has 2 aromatic heterocycles. The normalized spacial score (nSPS) is 15.3. The highest BCUT2D eigenvalue weighted by Gasteiger charge is 2.31. The molecular weight excluding hydrogens is 581 g/mol. The fourth-order valence-corrected chi connectivity index (χ4v) is 6.48. The van der Waals surface area contributed by atoms with E-state index < -0.39 is 11.9 Å². The number of carbonyl (C=O) groups excluding carboxylic acids is 2. The molecule has 0 atom stereocenters. The number of halogens is 1. The predicted molar refractivity (Wildman–Crippen MR) is 175 cm³/mol. The van der Waals surface area contributed by atoms with Gasteiger partial charge in [-0.3, -0.25) is 20.0 Å². The topological polar surface area (TPSA) is 105 Å². The van der Waals surface area contributed by atoms with Crippen LogP contribution in [0.3, 0.4) is 0 Å². The molecule has 1 aromatic carbocycles. The number of piperazine rings is 1. The summed E-state index contributed by atoms with van der Waals surface area (Å²) in [4.78, 5) is 38.9. The number of aryl methyl sites for hydroxylation is 1. The van der Waals surface area contributed by atoms with Crippen LogP contribution in [-0.4, -0.2) is 89.7 Å². The van der Waals surface area contributed by atoms with Crippen molar-refractivity contribution in [2.75, 3.05) is 52.2 Å². The molecule has 1 N–H and O–H groups in total. The second-order valence-electron chi connectivity index (χ2n) is 10.3. The van der Waals surface area contributed by atoms with E-state index in [0.717, 1.165) is 53.5 Å². The van der Waals surface area contributed by atoms with Gasteiger partial charge in [0, 0.05) is 62.7 Å². The second-order valence-corrected chi connectivity index (χ2v) is 11.3. The molecule has 1 fully saturated rings. The molecule has 1 aliphatic heterocycles. The lowest BCUT2D eigenvalue weighted by Gasteiger charge is -2.34. The molecule has 234 valence electrons. The average molecular weight is 622 g/mol. The summed E-state index contributed by atoms with van der Waals surface area (Å²) < 4.78 is 22.3. The molecule has 0 unspecified atom stereocenters. The molecule has 1 aliphatic carbocycles. The number of thiazole rings is 1. The van der Waals surface area contributed by atoms with Gasteiger partial charge in [-0.2, -0.15) is 5.10 Å². The van der Waals surface area contributed by atoms with Crippen molar-refractivity contribution in [1.82, 2.24) is 24.6 Å². The van der Waals surface area contributed by atoms with Crippen LogP contribution < -0.4 is 5.32 Å². The van der Waals surface area contributed by atoms with E-state index in [9.17, 15) is 9.59 Å². The minimum absolute atomic E-state index is 0. The summed E-state index contributed by atoms with van der Waals surface area (Å²) in [5.41, 5.74) is 4.56. The summed E-state index contributed by atoms with van der Waals surface area (Å²) in [5, 5.41) is 7.96. The van der Waals surface area contributed by atoms with Gasteiger partial charge in [0.05, 0.1) is 29.1 Å².